The van der Waals surface area contributed by atoms with E-state index in [4.69, 9.17) is 12.2 Å². The number of anilines is 1. The molecule has 6 nitrogen and oxygen atoms in total. The van der Waals surface area contributed by atoms with Crippen molar-refractivity contribution in [2.24, 2.45) is 5.92 Å². The van der Waals surface area contributed by atoms with Crippen molar-refractivity contribution in [1.29, 1.82) is 0 Å². The quantitative estimate of drug-likeness (QED) is 0.450. The summed E-state index contributed by atoms with van der Waals surface area (Å²) in [5.41, 5.74) is 6.17. The number of hydrogen-bond acceptors (Lipinski definition) is 4. The van der Waals surface area contributed by atoms with Gasteiger partial charge in [0.25, 0.3) is 11.8 Å². The number of nitrogens with one attached hydrogen (secondary N) is 4. The Hall–Kier alpha value is -2.45. The first-order valence-electron chi connectivity index (χ1n) is 8.25. The number of hydrogen-bond donors (Lipinski definition) is 4. The van der Waals surface area contributed by atoms with Gasteiger partial charge < -0.3 is 10.6 Å². The molecule has 8 heteroatoms. The van der Waals surface area contributed by atoms with Gasteiger partial charge in [-0.15, -0.1) is 11.3 Å². The zero-order chi connectivity index (χ0) is 18.9. The summed E-state index contributed by atoms with van der Waals surface area (Å²) in [5.74, 6) is 0.0310. The largest absolute Gasteiger partial charge is 0.361 e. The van der Waals surface area contributed by atoms with Crippen LogP contribution < -0.4 is 21.5 Å². The maximum absolute atomic E-state index is 12.2. The summed E-state index contributed by atoms with van der Waals surface area (Å²) in [6.07, 6.45) is 0.988. The van der Waals surface area contributed by atoms with Crippen LogP contribution in [0.4, 0.5) is 5.69 Å². The molecule has 0 unspecified atom stereocenters. The molecule has 0 spiro atoms. The van der Waals surface area contributed by atoms with Gasteiger partial charge in [-0.1, -0.05) is 26.0 Å². The molecule has 0 aliphatic heterocycles. The minimum Gasteiger partial charge on any atom is -0.361 e. The summed E-state index contributed by atoms with van der Waals surface area (Å²) < 4.78 is 0. The molecule has 0 bridgehead atoms. The molecule has 2 amide bonds. The zero-order valence-electron chi connectivity index (χ0n) is 14.7. The molecular weight excluding hydrogens is 368 g/mol. The van der Waals surface area contributed by atoms with Crippen molar-refractivity contribution >= 4 is 46.2 Å². The van der Waals surface area contributed by atoms with E-state index < -0.39 is 0 Å². The summed E-state index contributed by atoms with van der Waals surface area (Å²) in [5, 5.41) is 8.00. The minimum absolute atomic E-state index is 0.203. The molecule has 2 rings (SSSR count). The Bertz CT molecular complexity index is 760. The van der Waals surface area contributed by atoms with Crippen LogP contribution in [0.15, 0.2) is 41.8 Å². The van der Waals surface area contributed by atoms with Gasteiger partial charge in [0.1, 0.15) is 0 Å². The molecule has 0 atom stereocenters. The number of carbonyl (C=O) groups excluding carboxylic acids is 2. The van der Waals surface area contributed by atoms with Crippen molar-refractivity contribution in [2.75, 3.05) is 11.9 Å². The van der Waals surface area contributed by atoms with E-state index in [1.54, 1.807) is 30.3 Å². The Morgan fingerprint density at radius 2 is 1.92 bits per heavy atom. The van der Waals surface area contributed by atoms with Crippen molar-refractivity contribution < 1.29 is 9.59 Å². The second kappa shape index (κ2) is 9.88. The van der Waals surface area contributed by atoms with E-state index in [1.807, 2.05) is 11.4 Å². The van der Waals surface area contributed by atoms with Crippen LogP contribution in [0.1, 0.15) is 40.3 Å². The van der Waals surface area contributed by atoms with Crippen LogP contribution >= 0.6 is 23.6 Å². The summed E-state index contributed by atoms with van der Waals surface area (Å²) in [6.45, 7) is 5.00. The van der Waals surface area contributed by atoms with Crippen LogP contribution in [-0.4, -0.2) is 23.5 Å². The van der Waals surface area contributed by atoms with E-state index in [0.717, 1.165) is 13.0 Å². The molecular formula is C18H22N4O2S2. The smallest absolute Gasteiger partial charge is 0.269 e. The highest BCUT2D eigenvalue weighted by atomic mass is 32.1. The molecule has 4 N–H and O–H groups in total. The molecule has 0 saturated heterocycles. The van der Waals surface area contributed by atoms with E-state index >= 15 is 0 Å². The first-order chi connectivity index (χ1) is 12.5. The molecule has 0 saturated carbocycles. The first kappa shape index (κ1) is 19.9. The Morgan fingerprint density at radius 1 is 1.12 bits per heavy atom. The van der Waals surface area contributed by atoms with E-state index in [0.29, 0.717) is 27.2 Å². The first-order valence-corrected chi connectivity index (χ1v) is 9.53. The van der Waals surface area contributed by atoms with Gasteiger partial charge in [0.05, 0.1) is 4.88 Å². The second-order valence-electron chi connectivity index (χ2n) is 6.03. The van der Waals surface area contributed by atoms with Crippen molar-refractivity contribution in [3.8, 4) is 0 Å². The van der Waals surface area contributed by atoms with Crippen LogP contribution in [0.5, 0.6) is 0 Å². The summed E-state index contributed by atoms with van der Waals surface area (Å²) in [7, 11) is 0. The van der Waals surface area contributed by atoms with E-state index in [9.17, 15) is 9.59 Å². The van der Waals surface area contributed by atoms with Crippen molar-refractivity contribution in [3.05, 3.63) is 52.2 Å². The molecule has 1 aromatic heterocycles. The van der Waals surface area contributed by atoms with E-state index in [1.165, 1.54) is 11.3 Å². The van der Waals surface area contributed by atoms with Crippen LogP contribution in [0.3, 0.4) is 0 Å². The molecule has 0 fully saturated rings. The lowest BCUT2D eigenvalue weighted by molar-refractivity contribution is 0.0942. The maximum atomic E-state index is 12.2. The van der Waals surface area contributed by atoms with E-state index in [2.05, 4.69) is 35.3 Å². The van der Waals surface area contributed by atoms with Crippen LogP contribution in [0.25, 0.3) is 0 Å². The average Bonchev–Trinajstić information content (AvgIpc) is 3.14. The predicted octanol–water partition coefficient (Wildman–Crippen LogP) is 3.16. The summed E-state index contributed by atoms with van der Waals surface area (Å²) >= 11 is 6.47. The van der Waals surface area contributed by atoms with Crippen LogP contribution in [0, 0.1) is 5.92 Å². The highest BCUT2D eigenvalue weighted by molar-refractivity contribution is 7.80. The van der Waals surface area contributed by atoms with Crippen molar-refractivity contribution in [2.45, 2.75) is 20.3 Å². The Balaban J connectivity index is 1.85. The normalized spacial score (nSPS) is 10.3. The average molecular weight is 391 g/mol. The number of amides is 2. The van der Waals surface area contributed by atoms with E-state index in [-0.39, 0.29) is 11.8 Å². The topological polar surface area (TPSA) is 82.3 Å². The number of benzene rings is 1. The minimum atomic E-state index is -0.342. The SMILES string of the molecule is CC(C)CCNC(=S)NNC(=O)c1cccc(NC(=O)c2cccs2)c1. The lowest BCUT2D eigenvalue weighted by atomic mass is 10.1. The molecule has 0 aliphatic rings. The van der Waals surface area contributed by atoms with Gasteiger partial charge in [0.15, 0.2) is 5.11 Å². The number of thiophene rings is 1. The fourth-order valence-electron chi connectivity index (χ4n) is 2.04. The lowest BCUT2D eigenvalue weighted by Crippen LogP contribution is -2.47. The molecule has 26 heavy (non-hydrogen) atoms. The van der Waals surface area contributed by atoms with Gasteiger partial charge in [-0.3, -0.25) is 20.4 Å². The predicted molar refractivity (Wildman–Crippen MR) is 109 cm³/mol. The van der Waals surface area contributed by atoms with Crippen molar-refractivity contribution in [3.63, 3.8) is 0 Å². The number of thiocarbonyl (C=S) groups is 1. The van der Waals surface area contributed by atoms with Gasteiger partial charge in [-0.2, -0.15) is 0 Å². The van der Waals surface area contributed by atoms with Gasteiger partial charge in [0, 0.05) is 17.8 Å². The number of carbonyl (C=O) groups is 2. The molecule has 0 radical (unpaired) electrons. The summed E-state index contributed by atoms with van der Waals surface area (Å²) in [4.78, 5) is 24.9. The van der Waals surface area contributed by atoms with Gasteiger partial charge in [-0.05, 0) is 54.2 Å². The standard InChI is InChI=1S/C18H22N4O2S2/c1-12(2)8-9-19-18(25)22-21-16(23)13-5-3-6-14(11-13)20-17(24)15-7-4-10-26-15/h3-7,10-12H,8-9H2,1-2H3,(H,20,24)(H,21,23)(H2,19,22,25). The second-order valence-corrected chi connectivity index (χ2v) is 7.39. The van der Waals surface area contributed by atoms with Gasteiger partial charge in [0.2, 0.25) is 0 Å². The van der Waals surface area contributed by atoms with Gasteiger partial charge in [-0.25, -0.2) is 0 Å². The Kier molecular flexibility index (Phi) is 7.55. The molecule has 1 heterocycles. The third kappa shape index (κ3) is 6.45. The fraction of sp³-hybridized carbons (Fsp3) is 0.278. The van der Waals surface area contributed by atoms with Crippen molar-refractivity contribution in [1.82, 2.24) is 16.2 Å². The molecule has 0 aliphatic carbocycles. The zero-order valence-corrected chi connectivity index (χ0v) is 16.3. The summed E-state index contributed by atoms with van der Waals surface area (Å²) in [6, 6.07) is 10.3. The molecule has 2 aromatic rings. The molecule has 138 valence electrons. The van der Waals surface area contributed by atoms with Crippen LogP contribution in [-0.2, 0) is 0 Å². The van der Waals surface area contributed by atoms with Crippen LogP contribution in [0.2, 0.25) is 0 Å². The molecule has 1 aromatic carbocycles. The maximum Gasteiger partial charge on any atom is 0.269 e. The highest BCUT2D eigenvalue weighted by Crippen LogP contribution is 2.14. The monoisotopic (exact) mass is 390 g/mol. The fourth-order valence-corrected chi connectivity index (χ4v) is 2.81. The number of rotatable bonds is 6. The van der Waals surface area contributed by atoms with Gasteiger partial charge >= 0.3 is 0 Å². The lowest BCUT2D eigenvalue weighted by Gasteiger charge is -2.13. The third-order valence-electron chi connectivity index (χ3n) is 3.42. The Labute approximate surface area is 162 Å². The Morgan fingerprint density at radius 3 is 2.62 bits per heavy atom. The highest BCUT2D eigenvalue weighted by Gasteiger charge is 2.10. The third-order valence-corrected chi connectivity index (χ3v) is 4.54. The number of hydrazine groups is 1.